The molecule has 0 aliphatic carbocycles. The monoisotopic (exact) mass is 222 g/mol. The highest BCUT2D eigenvalue weighted by molar-refractivity contribution is 5.89. The number of carbonyl (C=O) groups is 1. The van der Waals surface area contributed by atoms with Crippen LogP contribution in [0.2, 0.25) is 0 Å². The zero-order chi connectivity index (χ0) is 12.6. The van der Waals surface area contributed by atoms with Gasteiger partial charge in [-0.15, -0.1) is 0 Å². The van der Waals surface area contributed by atoms with E-state index in [1.54, 1.807) is 24.1 Å². The lowest BCUT2D eigenvalue weighted by Gasteiger charge is -2.06. The van der Waals surface area contributed by atoms with Crippen LogP contribution in [0.25, 0.3) is 0 Å². The molecule has 0 heterocycles. The van der Waals surface area contributed by atoms with Gasteiger partial charge in [-0.2, -0.15) is 5.26 Å². The Hall–Kier alpha value is -1.76. The third kappa shape index (κ3) is 5.20. The van der Waals surface area contributed by atoms with Crippen molar-refractivity contribution in [1.29, 1.82) is 5.26 Å². The lowest BCUT2D eigenvalue weighted by Crippen LogP contribution is -2.08. The summed E-state index contributed by atoms with van der Waals surface area (Å²) in [6.45, 7) is 3.95. The minimum absolute atomic E-state index is 0.343. The quantitative estimate of drug-likeness (QED) is 0.308. The Balaban J connectivity index is 4.94. The molecule has 0 saturated carbocycles. The molecule has 0 aromatic carbocycles. The van der Waals surface area contributed by atoms with E-state index >= 15 is 0 Å². The van der Waals surface area contributed by atoms with Crippen LogP contribution in [-0.4, -0.2) is 31.6 Å². The van der Waals surface area contributed by atoms with E-state index in [9.17, 15) is 4.79 Å². The van der Waals surface area contributed by atoms with Gasteiger partial charge in [0, 0.05) is 25.9 Å². The number of esters is 1. The molecule has 16 heavy (non-hydrogen) atoms. The van der Waals surface area contributed by atoms with Gasteiger partial charge in [0.25, 0.3) is 0 Å². The van der Waals surface area contributed by atoms with Gasteiger partial charge in [0.1, 0.15) is 6.07 Å². The van der Waals surface area contributed by atoms with Crippen LogP contribution in [0.4, 0.5) is 0 Å². The summed E-state index contributed by atoms with van der Waals surface area (Å²) in [5, 5.41) is 8.89. The highest BCUT2D eigenvalue weighted by atomic mass is 16.5. The molecule has 0 aliphatic heterocycles. The van der Waals surface area contributed by atoms with Crippen molar-refractivity contribution in [3.8, 4) is 6.07 Å². The molecule has 0 N–H and O–H groups in total. The van der Waals surface area contributed by atoms with Crippen LogP contribution >= 0.6 is 0 Å². The smallest absolute Gasteiger partial charge is 0.334 e. The molecule has 0 radical (unpaired) electrons. The van der Waals surface area contributed by atoms with Crippen molar-refractivity contribution in [3.05, 3.63) is 23.4 Å². The van der Waals surface area contributed by atoms with Gasteiger partial charge in [0.15, 0.2) is 0 Å². The average molecular weight is 222 g/mol. The summed E-state index contributed by atoms with van der Waals surface area (Å²) in [5.41, 5.74) is 0.950. The Kier molecular flexibility index (Phi) is 6.69. The van der Waals surface area contributed by atoms with Crippen LogP contribution in [0.15, 0.2) is 23.4 Å². The maximum atomic E-state index is 11.5. The van der Waals surface area contributed by atoms with E-state index in [0.717, 1.165) is 0 Å². The van der Waals surface area contributed by atoms with Gasteiger partial charge in [-0.05, 0) is 19.4 Å². The van der Waals surface area contributed by atoms with E-state index in [1.165, 1.54) is 0 Å². The summed E-state index contributed by atoms with van der Waals surface area (Å²) < 4.78 is 4.89. The van der Waals surface area contributed by atoms with Gasteiger partial charge in [0.05, 0.1) is 12.2 Å². The van der Waals surface area contributed by atoms with Gasteiger partial charge in [-0.3, -0.25) is 0 Å². The fraction of sp³-hybridized carbons (Fsp3) is 0.500. The van der Waals surface area contributed by atoms with E-state index < -0.39 is 0 Å². The van der Waals surface area contributed by atoms with Crippen LogP contribution < -0.4 is 0 Å². The van der Waals surface area contributed by atoms with E-state index in [2.05, 4.69) is 0 Å². The SMILES string of the molecule is CCOC(=O)C(=CC(C#N)=CN(C)C)CC. The standard InChI is InChI=1S/C12H18N2O2/c1-5-11(12(15)16-6-2)7-10(8-13)9-14(3)4/h7,9H,5-6H2,1-4H3. The number of nitriles is 1. The molecular formula is C12H18N2O2. The molecule has 88 valence electrons. The molecule has 0 rings (SSSR count). The summed E-state index contributed by atoms with van der Waals surface area (Å²) in [7, 11) is 3.64. The molecule has 0 amide bonds. The van der Waals surface area contributed by atoms with Gasteiger partial charge in [-0.25, -0.2) is 4.79 Å². The third-order valence-corrected chi connectivity index (χ3v) is 1.77. The summed E-state index contributed by atoms with van der Waals surface area (Å²) in [6.07, 6.45) is 3.78. The van der Waals surface area contributed by atoms with E-state index in [-0.39, 0.29) is 5.97 Å². The minimum Gasteiger partial charge on any atom is -0.463 e. The Morgan fingerprint density at radius 2 is 2.06 bits per heavy atom. The van der Waals surface area contributed by atoms with E-state index in [0.29, 0.717) is 24.2 Å². The predicted octanol–water partition coefficient (Wildman–Crippen LogP) is 1.85. The van der Waals surface area contributed by atoms with Crippen molar-refractivity contribution in [3.63, 3.8) is 0 Å². The molecule has 0 atom stereocenters. The number of nitrogens with zero attached hydrogens (tertiary/aromatic N) is 2. The second-order valence-corrected chi connectivity index (χ2v) is 3.40. The molecule has 0 spiro atoms. The molecule has 0 unspecified atom stereocenters. The summed E-state index contributed by atoms with van der Waals surface area (Å²) >= 11 is 0. The Labute approximate surface area is 96.8 Å². The number of hydrogen-bond acceptors (Lipinski definition) is 4. The molecule has 4 heteroatoms. The maximum Gasteiger partial charge on any atom is 0.334 e. The van der Waals surface area contributed by atoms with Crippen molar-refractivity contribution in [1.82, 2.24) is 4.90 Å². The maximum absolute atomic E-state index is 11.5. The third-order valence-electron chi connectivity index (χ3n) is 1.77. The highest BCUT2D eigenvalue weighted by Gasteiger charge is 2.08. The van der Waals surface area contributed by atoms with Gasteiger partial charge >= 0.3 is 5.97 Å². The van der Waals surface area contributed by atoms with Crippen LogP contribution in [0.1, 0.15) is 20.3 Å². The first-order chi connectivity index (χ1) is 7.54. The highest BCUT2D eigenvalue weighted by Crippen LogP contribution is 2.08. The van der Waals surface area contributed by atoms with Crippen LogP contribution in [-0.2, 0) is 9.53 Å². The number of ether oxygens (including phenoxy) is 1. The number of carbonyl (C=O) groups excluding carboxylic acids is 1. The number of rotatable bonds is 5. The zero-order valence-electron chi connectivity index (χ0n) is 10.3. The minimum atomic E-state index is -0.357. The fourth-order valence-electron chi connectivity index (χ4n) is 1.09. The molecule has 0 aromatic rings. The van der Waals surface area contributed by atoms with Crippen molar-refractivity contribution >= 4 is 5.97 Å². The lowest BCUT2D eigenvalue weighted by molar-refractivity contribution is -0.138. The van der Waals surface area contributed by atoms with Crippen LogP contribution in [0.3, 0.4) is 0 Å². The van der Waals surface area contributed by atoms with Crippen molar-refractivity contribution in [2.75, 3.05) is 20.7 Å². The molecule has 0 aliphatic rings. The molecular weight excluding hydrogens is 204 g/mol. The second kappa shape index (κ2) is 7.52. The molecule has 0 bridgehead atoms. The number of hydrogen-bond donors (Lipinski definition) is 0. The Morgan fingerprint density at radius 1 is 1.44 bits per heavy atom. The van der Waals surface area contributed by atoms with E-state index in [1.807, 2.05) is 27.1 Å². The van der Waals surface area contributed by atoms with Gasteiger partial charge in [0.2, 0.25) is 0 Å². The van der Waals surface area contributed by atoms with Crippen LogP contribution in [0, 0.1) is 11.3 Å². The molecule has 0 fully saturated rings. The first-order valence-corrected chi connectivity index (χ1v) is 5.21. The molecule has 0 aromatic heterocycles. The normalized spacial score (nSPS) is 11.9. The van der Waals surface area contributed by atoms with E-state index in [4.69, 9.17) is 10.00 Å². The average Bonchev–Trinajstić information content (AvgIpc) is 2.23. The summed E-state index contributed by atoms with van der Waals surface area (Å²) in [4.78, 5) is 13.2. The van der Waals surface area contributed by atoms with Gasteiger partial charge < -0.3 is 9.64 Å². The fourth-order valence-corrected chi connectivity index (χ4v) is 1.09. The first kappa shape index (κ1) is 14.2. The van der Waals surface area contributed by atoms with Crippen molar-refractivity contribution < 1.29 is 9.53 Å². The summed E-state index contributed by atoms with van der Waals surface area (Å²) in [5.74, 6) is -0.357. The van der Waals surface area contributed by atoms with Gasteiger partial charge in [-0.1, -0.05) is 6.92 Å². The first-order valence-electron chi connectivity index (χ1n) is 5.21. The molecule has 0 saturated heterocycles. The topological polar surface area (TPSA) is 53.3 Å². The zero-order valence-corrected chi connectivity index (χ0v) is 10.3. The molecule has 4 nitrogen and oxygen atoms in total. The Bertz CT molecular complexity index is 335. The second-order valence-electron chi connectivity index (χ2n) is 3.40. The largest absolute Gasteiger partial charge is 0.463 e. The number of allylic oxidation sites excluding steroid dienone is 2. The van der Waals surface area contributed by atoms with Crippen molar-refractivity contribution in [2.24, 2.45) is 0 Å². The van der Waals surface area contributed by atoms with Crippen molar-refractivity contribution in [2.45, 2.75) is 20.3 Å². The Morgan fingerprint density at radius 3 is 2.44 bits per heavy atom. The summed E-state index contributed by atoms with van der Waals surface area (Å²) in [6, 6.07) is 2.03. The van der Waals surface area contributed by atoms with Crippen LogP contribution in [0.5, 0.6) is 0 Å². The lowest BCUT2D eigenvalue weighted by atomic mass is 10.1. The predicted molar refractivity (Wildman–Crippen MR) is 62.4 cm³/mol.